The third-order valence-electron chi connectivity index (χ3n) is 4.10. The highest BCUT2D eigenvalue weighted by Crippen LogP contribution is 2.27. The molecule has 26 heavy (non-hydrogen) atoms. The van der Waals surface area contributed by atoms with Crippen molar-refractivity contribution in [3.63, 3.8) is 0 Å². The van der Waals surface area contributed by atoms with E-state index >= 15 is 0 Å². The summed E-state index contributed by atoms with van der Waals surface area (Å²) in [5, 5.41) is 0. The predicted octanol–water partition coefficient (Wildman–Crippen LogP) is 2.49. The van der Waals surface area contributed by atoms with Gasteiger partial charge in [-0.25, -0.2) is 19.6 Å². The first-order valence-electron chi connectivity index (χ1n) is 8.26. The highest BCUT2D eigenvalue weighted by molar-refractivity contribution is 6.08. The second-order valence-corrected chi connectivity index (χ2v) is 5.55. The third-order valence-corrected chi connectivity index (χ3v) is 4.10. The van der Waals surface area contributed by atoms with Crippen LogP contribution >= 0.6 is 0 Å². The molecule has 0 aliphatic heterocycles. The first kappa shape index (κ1) is 16.1. The summed E-state index contributed by atoms with van der Waals surface area (Å²) < 4.78 is 13.8. The van der Waals surface area contributed by atoms with E-state index in [1.807, 2.05) is 24.3 Å². The number of ether oxygens (including phenoxy) is 2. The molecule has 0 radical (unpaired) electrons. The number of benzene rings is 1. The van der Waals surface area contributed by atoms with Crippen molar-refractivity contribution in [2.45, 2.75) is 13.8 Å². The van der Waals surface area contributed by atoms with Gasteiger partial charge in [0.15, 0.2) is 11.4 Å². The molecule has 8 nitrogen and oxygen atoms in total. The van der Waals surface area contributed by atoms with Crippen molar-refractivity contribution in [3.05, 3.63) is 48.3 Å². The zero-order chi connectivity index (χ0) is 18.3. The number of hydrogen-bond donors (Lipinski definition) is 0. The maximum absolute atomic E-state index is 12.4. The van der Waals surface area contributed by atoms with E-state index < -0.39 is 11.9 Å². The topological polar surface area (TPSA) is 87.2 Å². The van der Waals surface area contributed by atoms with Crippen molar-refractivity contribution in [3.8, 4) is 0 Å². The molecule has 0 aliphatic rings. The van der Waals surface area contributed by atoms with Crippen LogP contribution in [0.2, 0.25) is 0 Å². The summed E-state index contributed by atoms with van der Waals surface area (Å²) in [6, 6.07) is 7.59. The van der Waals surface area contributed by atoms with Crippen LogP contribution < -0.4 is 0 Å². The van der Waals surface area contributed by atoms with Gasteiger partial charge in [-0.15, -0.1) is 0 Å². The molecule has 132 valence electrons. The second kappa shape index (κ2) is 6.14. The molecule has 0 bridgehead atoms. The number of rotatable bonds is 4. The van der Waals surface area contributed by atoms with Gasteiger partial charge in [0, 0.05) is 0 Å². The summed E-state index contributed by atoms with van der Waals surface area (Å²) in [7, 11) is 0. The highest BCUT2D eigenvalue weighted by Gasteiger charge is 2.25. The minimum Gasteiger partial charge on any atom is -0.461 e. The van der Waals surface area contributed by atoms with E-state index in [2.05, 4.69) is 9.97 Å². The lowest BCUT2D eigenvalue weighted by atomic mass is 10.2. The fraction of sp³-hybridized carbons (Fsp3) is 0.222. The van der Waals surface area contributed by atoms with Gasteiger partial charge in [-0.2, -0.15) is 0 Å². The van der Waals surface area contributed by atoms with Crippen molar-refractivity contribution < 1.29 is 19.1 Å². The number of esters is 2. The van der Waals surface area contributed by atoms with Crippen LogP contribution in [0.3, 0.4) is 0 Å². The number of imidazole rings is 2. The summed E-state index contributed by atoms with van der Waals surface area (Å²) in [5.74, 6) is -1.11. The van der Waals surface area contributed by atoms with Gasteiger partial charge >= 0.3 is 11.9 Å². The summed E-state index contributed by atoms with van der Waals surface area (Å²) in [6.45, 7) is 3.91. The second-order valence-electron chi connectivity index (χ2n) is 5.55. The number of aromatic nitrogens is 4. The van der Waals surface area contributed by atoms with Crippen LogP contribution in [0.4, 0.5) is 0 Å². The van der Waals surface area contributed by atoms with Gasteiger partial charge in [0.1, 0.15) is 23.7 Å². The van der Waals surface area contributed by atoms with Crippen LogP contribution in [0.1, 0.15) is 34.8 Å². The van der Waals surface area contributed by atoms with E-state index in [-0.39, 0.29) is 24.6 Å². The fourth-order valence-electron chi connectivity index (χ4n) is 3.08. The molecule has 8 heteroatoms. The monoisotopic (exact) mass is 352 g/mol. The molecule has 0 fully saturated rings. The van der Waals surface area contributed by atoms with Crippen molar-refractivity contribution in [2.75, 3.05) is 13.2 Å². The number of carbonyl (C=O) groups is 2. The minimum absolute atomic E-state index is 0.133. The lowest BCUT2D eigenvalue weighted by molar-refractivity contribution is 0.0511. The standard InChI is InChI=1S/C18H16N4O4/c1-3-25-17(23)13-15-16-14(18(24)26-4-2)20-10-22(16)12-8-6-5-7-11(12)21(15)9-19-13/h5-10H,3-4H2,1-2H3. The van der Waals surface area contributed by atoms with Crippen molar-refractivity contribution in [2.24, 2.45) is 0 Å². The lowest BCUT2D eigenvalue weighted by Gasteiger charge is -2.09. The first-order chi connectivity index (χ1) is 12.7. The predicted molar refractivity (Wildman–Crippen MR) is 93.4 cm³/mol. The Balaban J connectivity index is 2.16. The smallest absolute Gasteiger partial charge is 0.359 e. The van der Waals surface area contributed by atoms with Crippen LogP contribution in [0.25, 0.3) is 22.1 Å². The van der Waals surface area contributed by atoms with Gasteiger partial charge in [-0.05, 0) is 26.0 Å². The van der Waals surface area contributed by atoms with Gasteiger partial charge in [0.2, 0.25) is 0 Å². The number of fused-ring (bicyclic) bond motifs is 6. The van der Waals surface area contributed by atoms with Crippen LogP contribution in [0.5, 0.6) is 0 Å². The lowest BCUT2D eigenvalue weighted by Crippen LogP contribution is -2.09. The number of hydrogen-bond acceptors (Lipinski definition) is 6. The molecular weight excluding hydrogens is 336 g/mol. The van der Waals surface area contributed by atoms with Crippen LogP contribution in [-0.4, -0.2) is 43.9 Å². The molecule has 3 heterocycles. The Hall–Kier alpha value is -3.42. The highest BCUT2D eigenvalue weighted by atomic mass is 16.5. The maximum Gasteiger partial charge on any atom is 0.359 e. The Kier molecular flexibility index (Phi) is 3.80. The van der Waals surface area contributed by atoms with Crippen LogP contribution in [-0.2, 0) is 9.47 Å². The fourth-order valence-corrected chi connectivity index (χ4v) is 3.08. The van der Waals surface area contributed by atoms with E-state index in [0.717, 1.165) is 11.0 Å². The average Bonchev–Trinajstić information content (AvgIpc) is 3.27. The summed E-state index contributed by atoms with van der Waals surface area (Å²) in [5.41, 5.74) is 2.84. The maximum atomic E-state index is 12.4. The van der Waals surface area contributed by atoms with E-state index in [0.29, 0.717) is 11.0 Å². The van der Waals surface area contributed by atoms with Gasteiger partial charge in [-0.1, -0.05) is 12.1 Å². The molecule has 4 rings (SSSR count). The Morgan fingerprint density at radius 2 is 1.27 bits per heavy atom. The van der Waals surface area contributed by atoms with Gasteiger partial charge < -0.3 is 9.47 Å². The Labute approximate surface area is 148 Å². The minimum atomic E-state index is -0.553. The largest absolute Gasteiger partial charge is 0.461 e. The van der Waals surface area contributed by atoms with Crippen molar-refractivity contribution >= 4 is 34.0 Å². The zero-order valence-electron chi connectivity index (χ0n) is 14.3. The zero-order valence-corrected chi connectivity index (χ0v) is 14.3. The molecular formula is C18H16N4O4. The molecule has 4 aromatic rings. The Morgan fingerprint density at radius 1 is 0.846 bits per heavy atom. The molecule has 0 atom stereocenters. The van der Waals surface area contributed by atoms with E-state index in [9.17, 15) is 9.59 Å². The van der Waals surface area contributed by atoms with Gasteiger partial charge in [-0.3, -0.25) is 8.80 Å². The Bertz CT molecular complexity index is 1070. The third kappa shape index (κ3) is 2.22. The summed E-state index contributed by atoms with van der Waals surface area (Å²) in [4.78, 5) is 33.2. The van der Waals surface area contributed by atoms with Gasteiger partial charge in [0.05, 0.1) is 24.2 Å². The molecule has 0 N–H and O–H groups in total. The van der Waals surface area contributed by atoms with Gasteiger partial charge in [0.25, 0.3) is 0 Å². The first-order valence-corrected chi connectivity index (χ1v) is 8.26. The van der Waals surface area contributed by atoms with E-state index in [4.69, 9.17) is 9.47 Å². The van der Waals surface area contributed by atoms with Crippen molar-refractivity contribution in [1.82, 2.24) is 18.8 Å². The SMILES string of the molecule is CCOC(=O)c1ncn2c3ccccc3n3cnc(C(=O)OCC)c3c12. The van der Waals surface area contributed by atoms with E-state index in [1.165, 1.54) is 0 Å². The molecule has 0 amide bonds. The molecule has 0 saturated carbocycles. The molecule has 0 unspecified atom stereocenters. The van der Waals surface area contributed by atoms with E-state index in [1.54, 1.807) is 35.3 Å². The average molecular weight is 352 g/mol. The van der Waals surface area contributed by atoms with Crippen LogP contribution in [0, 0.1) is 0 Å². The van der Waals surface area contributed by atoms with Crippen molar-refractivity contribution in [1.29, 1.82) is 0 Å². The number of carbonyl (C=O) groups excluding carboxylic acids is 2. The summed E-state index contributed by atoms with van der Waals surface area (Å²) in [6.07, 6.45) is 3.09. The quantitative estimate of drug-likeness (QED) is 0.525. The molecule has 3 aromatic heterocycles. The molecule has 0 spiro atoms. The number of para-hydroxylation sites is 2. The molecule has 0 saturated heterocycles. The van der Waals surface area contributed by atoms with Crippen LogP contribution in [0.15, 0.2) is 36.9 Å². The Morgan fingerprint density at radius 3 is 1.65 bits per heavy atom. The normalized spacial score (nSPS) is 11.3. The molecule has 0 aliphatic carbocycles. The summed E-state index contributed by atoms with van der Waals surface area (Å²) >= 11 is 0. The number of nitrogens with zero attached hydrogens (tertiary/aromatic N) is 4. The molecule has 1 aromatic carbocycles.